The van der Waals surface area contributed by atoms with E-state index < -0.39 is 16.9 Å². The minimum Gasteiger partial charge on any atom is -0.496 e. The number of ether oxygens (including phenoxy) is 3. The molecule has 1 aromatic rings. The Morgan fingerprint density at radius 3 is 2.38 bits per heavy atom. The van der Waals surface area contributed by atoms with Gasteiger partial charge in [-0.05, 0) is 19.1 Å². The summed E-state index contributed by atoms with van der Waals surface area (Å²) in [5, 5.41) is 11.3. The van der Waals surface area contributed by atoms with Crippen LogP contribution in [0.1, 0.15) is 12.5 Å². The van der Waals surface area contributed by atoms with Crippen LogP contribution >= 0.6 is 0 Å². The zero-order valence-corrected chi connectivity index (χ0v) is 12.1. The SMILES string of the molecule is CCOC(=O)C(N)Cc1c(OC)ccc(OC)c1[N+](=O)[O-]. The van der Waals surface area contributed by atoms with E-state index in [4.69, 9.17) is 19.9 Å². The number of carbonyl (C=O) groups is 1. The van der Waals surface area contributed by atoms with Crippen LogP contribution in [0, 0.1) is 10.1 Å². The summed E-state index contributed by atoms with van der Waals surface area (Å²) in [6.45, 7) is 1.84. The zero-order chi connectivity index (χ0) is 16.0. The van der Waals surface area contributed by atoms with Gasteiger partial charge in [0.2, 0.25) is 0 Å². The summed E-state index contributed by atoms with van der Waals surface area (Å²) >= 11 is 0. The number of nitro benzene ring substituents is 1. The van der Waals surface area contributed by atoms with Crippen LogP contribution in [0.25, 0.3) is 0 Å². The van der Waals surface area contributed by atoms with Crippen LogP contribution in [-0.4, -0.2) is 37.8 Å². The Hall–Kier alpha value is -2.35. The average Bonchev–Trinajstić information content (AvgIpc) is 2.46. The molecule has 1 aromatic carbocycles. The molecule has 1 atom stereocenters. The fraction of sp³-hybridized carbons (Fsp3) is 0.462. The molecule has 1 unspecified atom stereocenters. The average molecular weight is 298 g/mol. The number of nitro groups is 1. The topological polar surface area (TPSA) is 114 Å². The summed E-state index contributed by atoms with van der Waals surface area (Å²) in [5.74, 6) is -0.286. The number of rotatable bonds is 7. The Labute approximate surface area is 121 Å². The Kier molecular flexibility index (Phi) is 5.92. The first-order valence-electron chi connectivity index (χ1n) is 6.26. The van der Waals surface area contributed by atoms with Crippen molar-refractivity contribution in [2.45, 2.75) is 19.4 Å². The zero-order valence-electron chi connectivity index (χ0n) is 12.1. The molecule has 0 aliphatic carbocycles. The van der Waals surface area contributed by atoms with Gasteiger partial charge in [0.15, 0.2) is 5.75 Å². The van der Waals surface area contributed by atoms with Crippen LogP contribution in [-0.2, 0) is 16.0 Å². The third kappa shape index (κ3) is 3.82. The molecule has 21 heavy (non-hydrogen) atoms. The molecular formula is C13H18N2O6. The number of esters is 1. The molecule has 0 fully saturated rings. The maximum atomic E-state index is 11.6. The Balaban J connectivity index is 3.25. The van der Waals surface area contributed by atoms with Crippen molar-refractivity contribution in [3.8, 4) is 11.5 Å². The molecule has 0 aliphatic rings. The first kappa shape index (κ1) is 16.7. The van der Waals surface area contributed by atoms with E-state index in [1.807, 2.05) is 0 Å². The van der Waals surface area contributed by atoms with Gasteiger partial charge in [0.25, 0.3) is 0 Å². The minimum atomic E-state index is -1.02. The molecule has 116 valence electrons. The molecule has 0 bridgehead atoms. The van der Waals surface area contributed by atoms with Crippen molar-refractivity contribution in [3.05, 3.63) is 27.8 Å². The molecule has 0 heterocycles. The number of hydrogen-bond donors (Lipinski definition) is 1. The molecular weight excluding hydrogens is 280 g/mol. The molecule has 0 amide bonds. The van der Waals surface area contributed by atoms with Crippen molar-refractivity contribution >= 4 is 11.7 Å². The van der Waals surface area contributed by atoms with Gasteiger partial charge in [-0.1, -0.05) is 0 Å². The van der Waals surface area contributed by atoms with Gasteiger partial charge >= 0.3 is 11.7 Å². The van der Waals surface area contributed by atoms with Gasteiger partial charge in [-0.15, -0.1) is 0 Å². The van der Waals surface area contributed by atoms with Gasteiger partial charge in [0, 0.05) is 6.42 Å². The van der Waals surface area contributed by atoms with Crippen LogP contribution in [0.15, 0.2) is 12.1 Å². The van der Waals surface area contributed by atoms with Crippen molar-refractivity contribution in [2.75, 3.05) is 20.8 Å². The van der Waals surface area contributed by atoms with Gasteiger partial charge in [0.1, 0.15) is 11.8 Å². The fourth-order valence-corrected chi connectivity index (χ4v) is 1.90. The lowest BCUT2D eigenvalue weighted by Gasteiger charge is -2.15. The molecule has 0 saturated heterocycles. The standard InChI is InChI=1S/C13H18N2O6/c1-4-21-13(16)9(14)7-8-10(19-2)5-6-11(20-3)12(8)15(17)18/h5-6,9H,4,7,14H2,1-3H3. The summed E-state index contributed by atoms with van der Waals surface area (Å²) in [6.07, 6.45) is -0.0878. The lowest BCUT2D eigenvalue weighted by molar-refractivity contribution is -0.386. The van der Waals surface area contributed by atoms with Gasteiger partial charge in [0.05, 0.1) is 31.3 Å². The van der Waals surface area contributed by atoms with Crippen LogP contribution in [0.2, 0.25) is 0 Å². The number of nitrogens with zero attached hydrogens (tertiary/aromatic N) is 1. The summed E-state index contributed by atoms with van der Waals surface area (Å²) in [6, 6.07) is 1.93. The van der Waals surface area contributed by atoms with Crippen LogP contribution in [0.5, 0.6) is 11.5 Å². The lowest BCUT2D eigenvalue weighted by atomic mass is 10.0. The first-order chi connectivity index (χ1) is 9.96. The highest BCUT2D eigenvalue weighted by molar-refractivity contribution is 5.76. The molecule has 0 aliphatic heterocycles. The largest absolute Gasteiger partial charge is 0.496 e. The van der Waals surface area contributed by atoms with E-state index in [1.165, 1.54) is 26.4 Å². The van der Waals surface area contributed by atoms with Crippen molar-refractivity contribution in [3.63, 3.8) is 0 Å². The van der Waals surface area contributed by atoms with Crippen LogP contribution in [0.3, 0.4) is 0 Å². The Morgan fingerprint density at radius 2 is 1.90 bits per heavy atom. The van der Waals surface area contributed by atoms with Crippen LogP contribution < -0.4 is 15.2 Å². The maximum Gasteiger partial charge on any atom is 0.323 e. The second kappa shape index (κ2) is 7.44. The molecule has 0 radical (unpaired) electrons. The first-order valence-corrected chi connectivity index (χ1v) is 6.26. The van der Waals surface area contributed by atoms with Crippen molar-refractivity contribution in [2.24, 2.45) is 5.73 Å². The highest BCUT2D eigenvalue weighted by Gasteiger charge is 2.28. The smallest absolute Gasteiger partial charge is 0.323 e. The summed E-state index contributed by atoms with van der Waals surface area (Å²) in [5.41, 5.74) is 5.66. The molecule has 0 saturated carbocycles. The monoisotopic (exact) mass is 298 g/mol. The second-order valence-electron chi connectivity index (χ2n) is 4.12. The number of methoxy groups -OCH3 is 2. The number of hydrogen-bond acceptors (Lipinski definition) is 7. The summed E-state index contributed by atoms with van der Waals surface area (Å²) < 4.78 is 14.9. The van der Waals surface area contributed by atoms with Crippen molar-refractivity contribution < 1.29 is 23.9 Å². The Bertz CT molecular complexity index is 532. The summed E-state index contributed by atoms with van der Waals surface area (Å²) in [4.78, 5) is 22.3. The highest BCUT2D eigenvalue weighted by atomic mass is 16.6. The van der Waals surface area contributed by atoms with Crippen molar-refractivity contribution in [1.29, 1.82) is 0 Å². The normalized spacial score (nSPS) is 11.6. The predicted octanol–water partition coefficient (Wildman–Crippen LogP) is 1.04. The van der Waals surface area contributed by atoms with Crippen molar-refractivity contribution in [1.82, 2.24) is 0 Å². The number of benzene rings is 1. The van der Waals surface area contributed by atoms with E-state index in [0.29, 0.717) is 0 Å². The van der Waals surface area contributed by atoms with E-state index in [-0.39, 0.29) is 35.8 Å². The van der Waals surface area contributed by atoms with Gasteiger partial charge in [-0.2, -0.15) is 0 Å². The Morgan fingerprint density at radius 1 is 1.33 bits per heavy atom. The lowest BCUT2D eigenvalue weighted by Crippen LogP contribution is -2.34. The van der Waals surface area contributed by atoms with Gasteiger partial charge in [-0.3, -0.25) is 14.9 Å². The van der Waals surface area contributed by atoms with Crippen LogP contribution in [0.4, 0.5) is 5.69 Å². The third-order valence-corrected chi connectivity index (χ3v) is 2.84. The fourth-order valence-electron chi connectivity index (χ4n) is 1.90. The van der Waals surface area contributed by atoms with E-state index in [1.54, 1.807) is 6.92 Å². The minimum absolute atomic E-state index is 0.0758. The molecule has 8 heteroatoms. The number of carbonyl (C=O) groups excluding carboxylic acids is 1. The van der Waals surface area contributed by atoms with Gasteiger partial charge < -0.3 is 19.9 Å². The van der Waals surface area contributed by atoms with E-state index in [9.17, 15) is 14.9 Å². The molecule has 0 spiro atoms. The second-order valence-corrected chi connectivity index (χ2v) is 4.12. The maximum absolute atomic E-state index is 11.6. The number of nitrogens with two attached hydrogens (primary N) is 1. The van der Waals surface area contributed by atoms with E-state index >= 15 is 0 Å². The van der Waals surface area contributed by atoms with Gasteiger partial charge in [-0.25, -0.2) is 0 Å². The van der Waals surface area contributed by atoms with E-state index in [2.05, 4.69) is 0 Å². The molecule has 8 nitrogen and oxygen atoms in total. The molecule has 1 rings (SSSR count). The van der Waals surface area contributed by atoms with E-state index in [0.717, 1.165) is 0 Å². The third-order valence-electron chi connectivity index (χ3n) is 2.84. The quantitative estimate of drug-likeness (QED) is 0.454. The summed E-state index contributed by atoms with van der Waals surface area (Å²) in [7, 11) is 2.70. The molecule has 0 aromatic heterocycles. The highest BCUT2D eigenvalue weighted by Crippen LogP contribution is 2.37. The predicted molar refractivity (Wildman–Crippen MR) is 74.5 cm³/mol. The molecule has 2 N–H and O–H groups in total.